The van der Waals surface area contributed by atoms with Gasteiger partial charge in [0.05, 0.1) is 12.0 Å². The molecule has 3 rings (SSSR count). The second kappa shape index (κ2) is 10.3. The number of methoxy groups -OCH3 is 1. The lowest BCUT2D eigenvalue weighted by Gasteiger charge is -2.22. The Morgan fingerprint density at radius 2 is 1.83 bits per heavy atom. The van der Waals surface area contributed by atoms with Gasteiger partial charge >= 0.3 is 0 Å². The molecule has 1 fully saturated rings. The van der Waals surface area contributed by atoms with E-state index in [0.717, 1.165) is 36.8 Å². The van der Waals surface area contributed by atoms with Crippen molar-refractivity contribution in [2.75, 3.05) is 33.5 Å². The zero-order chi connectivity index (χ0) is 20.1. The molecule has 158 valence electrons. The van der Waals surface area contributed by atoms with E-state index in [9.17, 15) is 8.42 Å². The van der Waals surface area contributed by atoms with Crippen molar-refractivity contribution in [3.05, 3.63) is 59.7 Å². The molecule has 1 saturated heterocycles. The highest BCUT2D eigenvalue weighted by atomic mass is 127. The van der Waals surface area contributed by atoms with Gasteiger partial charge in [-0.25, -0.2) is 8.42 Å². The van der Waals surface area contributed by atoms with E-state index < -0.39 is 9.84 Å². The molecule has 0 bridgehead atoms. The number of guanidine groups is 1. The largest absolute Gasteiger partial charge is 0.497 e. The van der Waals surface area contributed by atoms with Crippen LogP contribution < -0.4 is 10.1 Å². The lowest BCUT2D eigenvalue weighted by molar-refractivity contribution is 0.414. The summed E-state index contributed by atoms with van der Waals surface area (Å²) in [7, 11) is 0.299. The summed E-state index contributed by atoms with van der Waals surface area (Å²) in [6.45, 7) is 2.46. The summed E-state index contributed by atoms with van der Waals surface area (Å²) in [6.07, 6.45) is 2.30. The summed E-state index contributed by atoms with van der Waals surface area (Å²) >= 11 is 0. The number of rotatable bonds is 5. The van der Waals surface area contributed by atoms with Crippen LogP contribution in [0.1, 0.15) is 23.5 Å². The second-order valence-corrected chi connectivity index (χ2v) is 9.04. The standard InChI is InChI=1S/C21H27N3O3S.HI/c1-22-21(23-14-16-4-10-20(11-5-16)28(3,25)26)24-13-12-18(15-24)17-6-8-19(27-2)9-7-17;/h4-11,18H,12-15H2,1-3H3,(H,22,23);1H. The number of nitrogens with zero attached hydrogens (tertiary/aromatic N) is 2. The van der Waals surface area contributed by atoms with Gasteiger partial charge in [0.25, 0.3) is 0 Å². The maximum absolute atomic E-state index is 11.6. The molecule has 1 aliphatic heterocycles. The van der Waals surface area contributed by atoms with Crippen molar-refractivity contribution < 1.29 is 13.2 Å². The molecule has 1 heterocycles. The number of likely N-dealkylation sites (tertiary alicyclic amines) is 1. The second-order valence-electron chi connectivity index (χ2n) is 7.02. The van der Waals surface area contributed by atoms with Crippen LogP contribution in [0.25, 0.3) is 0 Å². The number of hydrogen-bond acceptors (Lipinski definition) is 4. The number of hydrogen-bond donors (Lipinski definition) is 1. The summed E-state index contributed by atoms with van der Waals surface area (Å²) in [4.78, 5) is 7.01. The molecule has 0 radical (unpaired) electrons. The average Bonchev–Trinajstić information content (AvgIpc) is 3.18. The molecule has 6 nitrogen and oxygen atoms in total. The van der Waals surface area contributed by atoms with Gasteiger partial charge in [0.1, 0.15) is 5.75 Å². The van der Waals surface area contributed by atoms with Crippen molar-refractivity contribution in [1.82, 2.24) is 10.2 Å². The van der Waals surface area contributed by atoms with Crippen LogP contribution in [0.5, 0.6) is 5.75 Å². The molecule has 1 atom stereocenters. The molecule has 2 aromatic rings. The molecule has 0 spiro atoms. The monoisotopic (exact) mass is 529 g/mol. The Labute approximate surface area is 190 Å². The Kier molecular flexibility index (Phi) is 8.33. The van der Waals surface area contributed by atoms with E-state index in [1.54, 1.807) is 26.3 Å². The minimum Gasteiger partial charge on any atom is -0.497 e. The molecule has 0 amide bonds. The highest BCUT2D eigenvalue weighted by Gasteiger charge is 2.26. The molecule has 1 unspecified atom stereocenters. The molecule has 1 N–H and O–H groups in total. The molecule has 29 heavy (non-hydrogen) atoms. The van der Waals surface area contributed by atoms with E-state index in [-0.39, 0.29) is 24.0 Å². The van der Waals surface area contributed by atoms with Gasteiger partial charge in [-0.05, 0) is 41.8 Å². The highest BCUT2D eigenvalue weighted by molar-refractivity contribution is 14.0. The van der Waals surface area contributed by atoms with Crippen molar-refractivity contribution in [1.29, 1.82) is 0 Å². The lowest BCUT2D eigenvalue weighted by atomic mass is 9.98. The number of ether oxygens (including phenoxy) is 1. The van der Waals surface area contributed by atoms with Gasteiger partial charge in [0.15, 0.2) is 15.8 Å². The summed E-state index contributed by atoms with van der Waals surface area (Å²) in [5, 5.41) is 3.38. The Bertz CT molecular complexity index is 929. The first-order valence-corrected chi connectivity index (χ1v) is 11.2. The van der Waals surface area contributed by atoms with E-state index in [0.29, 0.717) is 17.4 Å². The Balaban J connectivity index is 0.00000300. The fraction of sp³-hybridized carbons (Fsp3) is 0.381. The lowest BCUT2D eigenvalue weighted by Crippen LogP contribution is -2.39. The summed E-state index contributed by atoms with van der Waals surface area (Å²) in [6, 6.07) is 15.2. The molecular formula is C21H28IN3O3S. The zero-order valence-corrected chi connectivity index (χ0v) is 20.1. The minimum atomic E-state index is -3.17. The van der Waals surface area contributed by atoms with Crippen molar-refractivity contribution in [2.24, 2.45) is 4.99 Å². The van der Waals surface area contributed by atoms with E-state index >= 15 is 0 Å². The van der Waals surface area contributed by atoms with Crippen LogP contribution in [0.3, 0.4) is 0 Å². The zero-order valence-electron chi connectivity index (χ0n) is 17.0. The third kappa shape index (κ3) is 6.08. The Morgan fingerprint density at radius 3 is 2.38 bits per heavy atom. The van der Waals surface area contributed by atoms with Crippen LogP contribution in [0.15, 0.2) is 58.4 Å². The Hall–Kier alpha value is -1.81. The topological polar surface area (TPSA) is 71.0 Å². The van der Waals surface area contributed by atoms with Crippen molar-refractivity contribution in [2.45, 2.75) is 23.8 Å². The fourth-order valence-corrected chi connectivity index (χ4v) is 4.10. The Morgan fingerprint density at radius 1 is 1.17 bits per heavy atom. The fourth-order valence-electron chi connectivity index (χ4n) is 3.47. The molecule has 0 aromatic heterocycles. The van der Waals surface area contributed by atoms with Crippen molar-refractivity contribution in [3.8, 4) is 5.75 Å². The predicted molar refractivity (Wildman–Crippen MR) is 127 cm³/mol. The maximum atomic E-state index is 11.6. The predicted octanol–water partition coefficient (Wildman–Crippen LogP) is 3.28. The summed E-state index contributed by atoms with van der Waals surface area (Å²) in [5.41, 5.74) is 2.33. The molecule has 8 heteroatoms. The van der Waals surface area contributed by atoms with Crippen LogP contribution in [-0.2, 0) is 16.4 Å². The number of aliphatic imine (C=N–C) groups is 1. The van der Waals surface area contributed by atoms with Gasteiger partial charge in [-0.2, -0.15) is 0 Å². The highest BCUT2D eigenvalue weighted by Crippen LogP contribution is 2.28. The molecule has 0 aliphatic carbocycles. The average molecular weight is 529 g/mol. The minimum absolute atomic E-state index is 0. The van der Waals surface area contributed by atoms with Crippen LogP contribution in [0.2, 0.25) is 0 Å². The molecule has 1 aliphatic rings. The van der Waals surface area contributed by atoms with Crippen molar-refractivity contribution >= 4 is 39.8 Å². The van der Waals surface area contributed by atoms with Gasteiger partial charge in [-0.15, -0.1) is 24.0 Å². The molecular weight excluding hydrogens is 501 g/mol. The van der Waals surface area contributed by atoms with Crippen LogP contribution >= 0.6 is 24.0 Å². The number of nitrogens with one attached hydrogen (secondary N) is 1. The van der Waals surface area contributed by atoms with Gasteiger partial charge in [-0.1, -0.05) is 24.3 Å². The van der Waals surface area contributed by atoms with Gasteiger partial charge in [0.2, 0.25) is 0 Å². The molecule has 2 aromatic carbocycles. The smallest absolute Gasteiger partial charge is 0.193 e. The first-order chi connectivity index (χ1) is 13.4. The number of benzene rings is 2. The van der Waals surface area contributed by atoms with E-state index in [2.05, 4.69) is 27.3 Å². The summed E-state index contributed by atoms with van der Waals surface area (Å²) < 4.78 is 28.4. The third-order valence-electron chi connectivity index (χ3n) is 5.09. The SMILES string of the molecule is CN=C(NCc1ccc(S(C)(=O)=O)cc1)N1CCC(c2ccc(OC)cc2)C1.I. The quantitative estimate of drug-likeness (QED) is 0.366. The van der Waals surface area contributed by atoms with Crippen LogP contribution in [0, 0.1) is 0 Å². The van der Waals surface area contributed by atoms with Crippen LogP contribution in [-0.4, -0.2) is 52.8 Å². The number of sulfone groups is 1. The van der Waals surface area contributed by atoms with E-state index in [4.69, 9.17) is 4.74 Å². The van der Waals surface area contributed by atoms with E-state index in [1.807, 2.05) is 24.3 Å². The molecule has 0 saturated carbocycles. The van der Waals surface area contributed by atoms with Crippen molar-refractivity contribution in [3.63, 3.8) is 0 Å². The summed E-state index contributed by atoms with van der Waals surface area (Å²) in [5.74, 6) is 2.21. The van der Waals surface area contributed by atoms with Gasteiger partial charge in [0, 0.05) is 38.9 Å². The normalized spacial score (nSPS) is 17.0. The first kappa shape index (κ1) is 23.5. The third-order valence-corrected chi connectivity index (χ3v) is 6.22. The van der Waals surface area contributed by atoms with Gasteiger partial charge < -0.3 is 15.0 Å². The maximum Gasteiger partial charge on any atom is 0.193 e. The van der Waals surface area contributed by atoms with Gasteiger partial charge in [-0.3, -0.25) is 4.99 Å². The van der Waals surface area contributed by atoms with Crippen LogP contribution in [0.4, 0.5) is 0 Å². The van der Waals surface area contributed by atoms with E-state index in [1.165, 1.54) is 11.8 Å². The number of halogens is 1. The first-order valence-electron chi connectivity index (χ1n) is 9.29.